The van der Waals surface area contributed by atoms with Gasteiger partial charge in [-0.3, -0.25) is 4.79 Å². The first-order valence-corrected chi connectivity index (χ1v) is 6.75. The fourth-order valence-corrected chi connectivity index (χ4v) is 2.14. The Morgan fingerprint density at radius 1 is 1.24 bits per heavy atom. The van der Waals surface area contributed by atoms with Gasteiger partial charge in [-0.05, 0) is 19.1 Å². The Balaban J connectivity index is 2.49. The number of carbonyl (C=O) groups is 1. The van der Waals surface area contributed by atoms with E-state index in [1.807, 2.05) is 24.3 Å². The van der Waals surface area contributed by atoms with Crippen molar-refractivity contribution in [1.82, 2.24) is 9.97 Å². The number of carbonyl (C=O) groups excluding carboxylic acids is 1. The maximum atomic E-state index is 11.3. The molecule has 5 nitrogen and oxygen atoms in total. The number of ether oxygens (including phenoxy) is 2. The smallest absolute Gasteiger partial charge is 0.155 e. The Bertz CT molecular complexity index is 647. The Labute approximate surface area is 127 Å². The van der Waals surface area contributed by atoms with Gasteiger partial charge in [-0.25, -0.2) is 9.97 Å². The van der Waals surface area contributed by atoms with Crippen molar-refractivity contribution >= 4 is 17.9 Å². The highest BCUT2D eigenvalue weighted by Crippen LogP contribution is 2.32. The van der Waals surface area contributed by atoms with Gasteiger partial charge in [0.15, 0.2) is 6.29 Å². The molecule has 0 unspecified atom stereocenters. The lowest BCUT2D eigenvalue weighted by molar-refractivity contribution is 0.112. The van der Waals surface area contributed by atoms with E-state index >= 15 is 0 Å². The van der Waals surface area contributed by atoms with Gasteiger partial charge >= 0.3 is 0 Å². The van der Waals surface area contributed by atoms with Crippen LogP contribution in [0.4, 0.5) is 0 Å². The van der Waals surface area contributed by atoms with E-state index in [0.717, 1.165) is 0 Å². The highest BCUT2D eigenvalue weighted by molar-refractivity contribution is 6.32. The Morgan fingerprint density at radius 3 is 2.71 bits per heavy atom. The molecule has 0 saturated heterocycles. The zero-order valence-electron chi connectivity index (χ0n) is 11.8. The fraction of sp³-hybridized carbons (Fsp3) is 0.267. The summed E-state index contributed by atoms with van der Waals surface area (Å²) in [6.45, 7) is 2.60. The number of benzene rings is 1. The maximum absolute atomic E-state index is 11.3. The molecule has 0 fully saturated rings. The summed E-state index contributed by atoms with van der Waals surface area (Å²) in [6, 6.07) is 7.33. The molecule has 0 atom stereocenters. The first-order valence-electron chi connectivity index (χ1n) is 6.37. The van der Waals surface area contributed by atoms with Crippen LogP contribution in [0.15, 0.2) is 24.3 Å². The van der Waals surface area contributed by atoms with Gasteiger partial charge in [0.05, 0.1) is 17.9 Å². The number of hydrogen-bond acceptors (Lipinski definition) is 5. The molecule has 0 amide bonds. The van der Waals surface area contributed by atoms with Crippen molar-refractivity contribution in [3.05, 3.63) is 40.8 Å². The van der Waals surface area contributed by atoms with E-state index in [2.05, 4.69) is 9.97 Å². The molecule has 0 saturated carbocycles. The van der Waals surface area contributed by atoms with Gasteiger partial charge in [-0.2, -0.15) is 0 Å². The standard InChI is InChI=1S/C15H15ClN2O3/c1-10-17-14(12(9-19)15(16)18-10)11-5-3-4-6-13(11)21-8-7-20-2/h3-6,9H,7-8H2,1-2H3. The highest BCUT2D eigenvalue weighted by atomic mass is 35.5. The molecule has 21 heavy (non-hydrogen) atoms. The second kappa shape index (κ2) is 7.15. The molecule has 0 aliphatic heterocycles. The summed E-state index contributed by atoms with van der Waals surface area (Å²) in [5.41, 5.74) is 1.42. The monoisotopic (exact) mass is 306 g/mol. The largest absolute Gasteiger partial charge is 0.490 e. The molecular formula is C15H15ClN2O3. The van der Waals surface area contributed by atoms with E-state index in [1.54, 1.807) is 14.0 Å². The average molecular weight is 307 g/mol. The molecule has 2 aromatic rings. The van der Waals surface area contributed by atoms with Gasteiger partial charge in [-0.1, -0.05) is 23.7 Å². The van der Waals surface area contributed by atoms with Crippen LogP contribution in [0.1, 0.15) is 16.2 Å². The van der Waals surface area contributed by atoms with Gasteiger partial charge in [0.2, 0.25) is 0 Å². The quantitative estimate of drug-likeness (QED) is 0.466. The van der Waals surface area contributed by atoms with Crippen LogP contribution in [0.3, 0.4) is 0 Å². The normalized spacial score (nSPS) is 10.4. The number of rotatable bonds is 6. The van der Waals surface area contributed by atoms with E-state index in [1.165, 1.54) is 0 Å². The predicted octanol–water partition coefficient (Wildman–Crippen LogP) is 2.94. The van der Waals surface area contributed by atoms with Crippen molar-refractivity contribution in [1.29, 1.82) is 0 Å². The maximum Gasteiger partial charge on any atom is 0.155 e. The number of aromatic nitrogens is 2. The number of methoxy groups -OCH3 is 1. The second-order valence-electron chi connectivity index (χ2n) is 4.28. The van der Waals surface area contributed by atoms with Crippen molar-refractivity contribution in [3.63, 3.8) is 0 Å². The molecule has 1 aromatic heterocycles. The van der Waals surface area contributed by atoms with Gasteiger partial charge in [0.25, 0.3) is 0 Å². The number of aryl methyl sites for hydroxylation is 1. The number of nitrogens with zero attached hydrogens (tertiary/aromatic N) is 2. The number of halogens is 1. The molecule has 1 aromatic carbocycles. The Hall–Kier alpha value is -1.98. The molecule has 1 heterocycles. The molecule has 110 valence electrons. The summed E-state index contributed by atoms with van der Waals surface area (Å²) in [5, 5.41) is 0.138. The lowest BCUT2D eigenvalue weighted by Gasteiger charge is -2.13. The number of hydrogen-bond donors (Lipinski definition) is 0. The minimum atomic E-state index is 0.138. The highest BCUT2D eigenvalue weighted by Gasteiger charge is 2.16. The third-order valence-electron chi connectivity index (χ3n) is 2.82. The van der Waals surface area contributed by atoms with Crippen LogP contribution in [0.2, 0.25) is 5.15 Å². The summed E-state index contributed by atoms with van der Waals surface area (Å²) >= 11 is 6.02. The zero-order chi connectivity index (χ0) is 15.2. The minimum absolute atomic E-state index is 0.138. The third kappa shape index (κ3) is 3.56. The van der Waals surface area contributed by atoms with Crippen LogP contribution in [0.5, 0.6) is 5.75 Å². The van der Waals surface area contributed by atoms with Gasteiger partial charge in [0.1, 0.15) is 23.3 Å². The second-order valence-corrected chi connectivity index (χ2v) is 4.64. The molecule has 0 N–H and O–H groups in total. The SMILES string of the molecule is COCCOc1ccccc1-c1nc(C)nc(Cl)c1C=O. The van der Waals surface area contributed by atoms with Crippen LogP contribution in [-0.2, 0) is 4.74 Å². The van der Waals surface area contributed by atoms with E-state index in [0.29, 0.717) is 42.3 Å². The van der Waals surface area contributed by atoms with Crippen molar-refractivity contribution in [2.75, 3.05) is 20.3 Å². The lowest BCUT2D eigenvalue weighted by Crippen LogP contribution is -2.06. The van der Waals surface area contributed by atoms with Crippen LogP contribution < -0.4 is 4.74 Å². The first-order chi connectivity index (χ1) is 10.2. The molecule has 0 bridgehead atoms. The zero-order valence-corrected chi connectivity index (χ0v) is 12.6. The van der Waals surface area contributed by atoms with Gasteiger partial charge in [-0.15, -0.1) is 0 Å². The van der Waals surface area contributed by atoms with Crippen LogP contribution in [0.25, 0.3) is 11.3 Å². The summed E-state index contributed by atoms with van der Waals surface area (Å²) in [4.78, 5) is 19.6. The summed E-state index contributed by atoms with van der Waals surface area (Å²) in [5.74, 6) is 1.11. The summed E-state index contributed by atoms with van der Waals surface area (Å²) < 4.78 is 10.6. The Kier molecular flexibility index (Phi) is 5.25. The average Bonchev–Trinajstić information content (AvgIpc) is 2.47. The Morgan fingerprint density at radius 2 is 2.00 bits per heavy atom. The molecule has 0 aliphatic rings. The van der Waals surface area contributed by atoms with Crippen LogP contribution in [0, 0.1) is 6.92 Å². The van der Waals surface area contributed by atoms with E-state index in [4.69, 9.17) is 21.1 Å². The number of para-hydroxylation sites is 1. The molecule has 0 aliphatic carbocycles. The lowest BCUT2D eigenvalue weighted by atomic mass is 10.1. The van der Waals surface area contributed by atoms with E-state index in [9.17, 15) is 4.79 Å². The topological polar surface area (TPSA) is 61.3 Å². The van der Waals surface area contributed by atoms with Crippen LogP contribution in [-0.4, -0.2) is 36.6 Å². The summed E-state index contributed by atoms with van der Waals surface area (Å²) in [7, 11) is 1.60. The molecular weight excluding hydrogens is 292 g/mol. The first kappa shape index (κ1) is 15.4. The molecule has 0 radical (unpaired) electrons. The van der Waals surface area contributed by atoms with Crippen molar-refractivity contribution in [2.45, 2.75) is 6.92 Å². The van der Waals surface area contributed by atoms with E-state index in [-0.39, 0.29) is 10.7 Å². The van der Waals surface area contributed by atoms with E-state index < -0.39 is 0 Å². The van der Waals surface area contributed by atoms with Crippen LogP contribution >= 0.6 is 11.6 Å². The van der Waals surface area contributed by atoms with Crippen molar-refractivity contribution in [2.24, 2.45) is 0 Å². The number of aldehydes is 1. The molecule has 6 heteroatoms. The van der Waals surface area contributed by atoms with Gasteiger partial charge < -0.3 is 9.47 Å². The van der Waals surface area contributed by atoms with Gasteiger partial charge in [0, 0.05) is 12.7 Å². The fourth-order valence-electron chi connectivity index (χ4n) is 1.88. The minimum Gasteiger partial charge on any atom is -0.490 e. The predicted molar refractivity (Wildman–Crippen MR) is 80.0 cm³/mol. The third-order valence-corrected chi connectivity index (χ3v) is 3.10. The molecule has 0 spiro atoms. The molecule has 2 rings (SSSR count). The van der Waals surface area contributed by atoms with Crippen molar-refractivity contribution < 1.29 is 14.3 Å². The summed E-state index contributed by atoms with van der Waals surface area (Å²) in [6.07, 6.45) is 0.656. The van der Waals surface area contributed by atoms with Crippen molar-refractivity contribution in [3.8, 4) is 17.0 Å².